The molecule has 5 nitrogen and oxygen atoms in total. The highest BCUT2D eigenvalue weighted by molar-refractivity contribution is 5.73. The number of aliphatic carboxylic acids is 1. The summed E-state index contributed by atoms with van der Waals surface area (Å²) >= 11 is 0. The van der Waals surface area contributed by atoms with Gasteiger partial charge >= 0.3 is 12.1 Å². The van der Waals surface area contributed by atoms with Crippen LogP contribution in [0.25, 0.3) is 0 Å². The maximum absolute atomic E-state index is 13.0. The smallest absolute Gasteiger partial charge is 0.416 e. The van der Waals surface area contributed by atoms with Crippen molar-refractivity contribution in [2.75, 3.05) is 20.8 Å². The molecule has 0 aromatic heterocycles. The molecular formula is C16H20F3NO4. The summed E-state index contributed by atoms with van der Waals surface area (Å²) in [6.07, 6.45) is -3.70. The third kappa shape index (κ3) is 4.39. The minimum absolute atomic E-state index is 0.0958. The molecule has 134 valence electrons. The minimum Gasteiger partial charge on any atom is -0.497 e. The molecule has 0 spiro atoms. The van der Waals surface area contributed by atoms with Crippen LogP contribution in [0.2, 0.25) is 0 Å². The molecule has 2 unspecified atom stereocenters. The molecular weight excluding hydrogens is 327 g/mol. The van der Waals surface area contributed by atoms with Crippen LogP contribution in [0.4, 0.5) is 13.2 Å². The van der Waals surface area contributed by atoms with Gasteiger partial charge in [-0.15, -0.1) is 0 Å². The number of halogens is 3. The number of ether oxygens (including phenoxy) is 2. The average Bonchev–Trinajstić information content (AvgIpc) is 2.53. The maximum atomic E-state index is 13.0. The van der Waals surface area contributed by atoms with Crippen molar-refractivity contribution >= 4 is 5.97 Å². The Kier molecular flexibility index (Phi) is 5.71. The number of rotatable bonds is 5. The lowest BCUT2D eigenvalue weighted by atomic mass is 9.98. The second kappa shape index (κ2) is 7.40. The van der Waals surface area contributed by atoms with Crippen molar-refractivity contribution in [3.8, 4) is 5.75 Å². The summed E-state index contributed by atoms with van der Waals surface area (Å²) in [5.41, 5.74) is -0.445. The fourth-order valence-corrected chi connectivity index (χ4v) is 2.91. The van der Waals surface area contributed by atoms with Gasteiger partial charge in [0, 0.05) is 20.2 Å². The standard InChI is InChI=1S/C16H20F3NO4/c1-23-12-3-4-20(14(8-12)15(21)22)9-10-5-11(16(17,18)19)7-13(6-10)24-2/h5-7,12,14H,3-4,8-9H2,1-2H3,(H,21,22). The number of carboxylic acid groups (broad SMARTS) is 1. The third-order valence-corrected chi connectivity index (χ3v) is 4.20. The third-order valence-electron chi connectivity index (χ3n) is 4.20. The Morgan fingerprint density at radius 3 is 2.58 bits per heavy atom. The Hall–Kier alpha value is -1.80. The first-order valence-electron chi connectivity index (χ1n) is 7.49. The number of methoxy groups -OCH3 is 2. The lowest BCUT2D eigenvalue weighted by molar-refractivity contribution is -0.147. The van der Waals surface area contributed by atoms with E-state index in [-0.39, 0.29) is 18.4 Å². The van der Waals surface area contributed by atoms with Gasteiger partial charge in [-0.25, -0.2) is 0 Å². The quantitative estimate of drug-likeness (QED) is 0.888. The van der Waals surface area contributed by atoms with E-state index in [0.717, 1.165) is 12.1 Å². The van der Waals surface area contributed by atoms with Crippen molar-refractivity contribution in [1.29, 1.82) is 0 Å². The number of piperidine rings is 1. The van der Waals surface area contributed by atoms with Gasteiger partial charge in [-0.3, -0.25) is 9.69 Å². The first-order valence-corrected chi connectivity index (χ1v) is 7.49. The Bertz CT molecular complexity index is 591. The lowest BCUT2D eigenvalue weighted by Crippen LogP contribution is -2.48. The van der Waals surface area contributed by atoms with E-state index in [1.54, 1.807) is 4.90 Å². The van der Waals surface area contributed by atoms with Crippen LogP contribution in [0.5, 0.6) is 5.75 Å². The molecule has 1 N–H and O–H groups in total. The zero-order valence-electron chi connectivity index (χ0n) is 13.5. The molecule has 1 aliphatic rings. The van der Waals surface area contributed by atoms with E-state index < -0.39 is 23.8 Å². The van der Waals surface area contributed by atoms with Crippen molar-refractivity contribution in [2.24, 2.45) is 0 Å². The summed E-state index contributed by atoms with van der Waals surface area (Å²) in [5, 5.41) is 9.38. The van der Waals surface area contributed by atoms with Crippen molar-refractivity contribution in [3.63, 3.8) is 0 Å². The van der Waals surface area contributed by atoms with Gasteiger partial charge in [0.2, 0.25) is 0 Å². The molecule has 1 aromatic rings. The van der Waals surface area contributed by atoms with E-state index in [9.17, 15) is 23.1 Å². The highest BCUT2D eigenvalue weighted by atomic mass is 19.4. The fourth-order valence-electron chi connectivity index (χ4n) is 2.91. The summed E-state index contributed by atoms with van der Waals surface area (Å²) in [7, 11) is 2.82. The number of hydrogen-bond acceptors (Lipinski definition) is 4. The van der Waals surface area contributed by atoms with Crippen LogP contribution in [0.3, 0.4) is 0 Å². The van der Waals surface area contributed by atoms with Crippen LogP contribution in [0.15, 0.2) is 18.2 Å². The van der Waals surface area contributed by atoms with E-state index in [4.69, 9.17) is 9.47 Å². The monoisotopic (exact) mass is 347 g/mol. The van der Waals surface area contributed by atoms with Crippen molar-refractivity contribution < 1.29 is 32.5 Å². The van der Waals surface area contributed by atoms with Gasteiger partial charge in [-0.2, -0.15) is 13.2 Å². The second-order valence-electron chi connectivity index (χ2n) is 5.77. The van der Waals surface area contributed by atoms with Gasteiger partial charge < -0.3 is 14.6 Å². The van der Waals surface area contributed by atoms with Crippen LogP contribution in [-0.2, 0) is 22.3 Å². The molecule has 2 rings (SSSR count). The number of carboxylic acids is 1. The van der Waals surface area contributed by atoms with Gasteiger partial charge in [-0.1, -0.05) is 0 Å². The molecule has 1 aromatic carbocycles. The summed E-state index contributed by atoms with van der Waals surface area (Å²) < 4.78 is 49.1. The molecule has 24 heavy (non-hydrogen) atoms. The summed E-state index contributed by atoms with van der Waals surface area (Å²) in [4.78, 5) is 13.1. The fraction of sp³-hybridized carbons (Fsp3) is 0.562. The van der Waals surface area contributed by atoms with Gasteiger partial charge in [-0.05, 0) is 36.6 Å². The number of likely N-dealkylation sites (tertiary alicyclic amines) is 1. The first-order chi connectivity index (χ1) is 11.2. The summed E-state index contributed by atoms with van der Waals surface area (Å²) in [6, 6.07) is 2.67. The lowest BCUT2D eigenvalue weighted by Gasteiger charge is -2.36. The molecule has 0 aliphatic carbocycles. The van der Waals surface area contributed by atoms with E-state index >= 15 is 0 Å². The van der Waals surface area contributed by atoms with Gasteiger partial charge in [0.15, 0.2) is 0 Å². The zero-order chi connectivity index (χ0) is 17.9. The highest BCUT2D eigenvalue weighted by Crippen LogP contribution is 2.33. The van der Waals surface area contributed by atoms with Crippen molar-refractivity contribution in [2.45, 2.75) is 37.7 Å². The number of carbonyl (C=O) groups is 1. The Balaban J connectivity index is 2.24. The topological polar surface area (TPSA) is 59.0 Å². The largest absolute Gasteiger partial charge is 0.497 e. The van der Waals surface area contributed by atoms with E-state index in [2.05, 4.69) is 0 Å². The van der Waals surface area contributed by atoms with Crippen LogP contribution in [0, 0.1) is 0 Å². The van der Waals surface area contributed by atoms with Crippen LogP contribution >= 0.6 is 0 Å². The summed E-state index contributed by atoms with van der Waals surface area (Å²) in [6.45, 7) is 0.543. The molecule has 8 heteroatoms. The van der Waals surface area contributed by atoms with Crippen molar-refractivity contribution in [1.82, 2.24) is 4.90 Å². The SMILES string of the molecule is COc1cc(CN2CCC(OC)CC2C(=O)O)cc(C(F)(F)F)c1. The van der Waals surface area contributed by atoms with Crippen molar-refractivity contribution in [3.05, 3.63) is 29.3 Å². The Labute approximate surface area is 138 Å². The van der Waals surface area contributed by atoms with Crippen LogP contribution in [-0.4, -0.2) is 48.9 Å². The van der Waals surface area contributed by atoms with Gasteiger partial charge in [0.25, 0.3) is 0 Å². The molecule has 0 amide bonds. The molecule has 0 radical (unpaired) electrons. The molecule has 2 atom stereocenters. The number of benzene rings is 1. The van der Waals surface area contributed by atoms with Gasteiger partial charge in [0.1, 0.15) is 11.8 Å². The zero-order valence-corrected chi connectivity index (χ0v) is 13.5. The molecule has 1 saturated heterocycles. The minimum atomic E-state index is -4.49. The molecule has 0 bridgehead atoms. The van der Waals surface area contributed by atoms with Crippen LogP contribution in [0.1, 0.15) is 24.0 Å². The van der Waals surface area contributed by atoms with E-state index in [1.165, 1.54) is 20.3 Å². The Morgan fingerprint density at radius 1 is 1.33 bits per heavy atom. The second-order valence-corrected chi connectivity index (χ2v) is 5.77. The predicted molar refractivity (Wildman–Crippen MR) is 79.9 cm³/mol. The summed E-state index contributed by atoms with van der Waals surface area (Å²) in [5.74, 6) is -0.908. The van der Waals surface area contributed by atoms with E-state index in [1.807, 2.05) is 0 Å². The van der Waals surface area contributed by atoms with Gasteiger partial charge in [0.05, 0.1) is 18.8 Å². The normalized spacial score (nSPS) is 22.4. The van der Waals surface area contributed by atoms with E-state index in [0.29, 0.717) is 24.9 Å². The maximum Gasteiger partial charge on any atom is 0.416 e. The first kappa shape index (κ1) is 18.5. The average molecular weight is 347 g/mol. The Morgan fingerprint density at radius 2 is 2.04 bits per heavy atom. The number of hydrogen-bond donors (Lipinski definition) is 1. The number of alkyl halides is 3. The molecule has 1 aliphatic heterocycles. The predicted octanol–water partition coefficient (Wildman–Crippen LogP) is 2.78. The van der Waals surface area contributed by atoms with Crippen LogP contribution < -0.4 is 4.74 Å². The highest BCUT2D eigenvalue weighted by Gasteiger charge is 2.35. The molecule has 1 fully saturated rings. The molecule has 0 saturated carbocycles. The molecule has 1 heterocycles. The number of nitrogens with zero attached hydrogens (tertiary/aromatic N) is 1.